The molecule has 0 bridgehead atoms. The summed E-state index contributed by atoms with van der Waals surface area (Å²) in [6, 6.07) is 0. The Labute approximate surface area is 119 Å². The molecule has 0 atom stereocenters. The van der Waals surface area contributed by atoms with Crippen LogP contribution in [0.3, 0.4) is 0 Å². The standard InChI is InChI=1S/C7H13BF3O.K/c9-8(10,11)5-6-1-3-7(12)4-2-6;/h6-7,12H,1-5H2;/q-1;+1. The number of halogens is 3. The fraction of sp³-hybridized carbons (Fsp3) is 1.00. The van der Waals surface area contributed by atoms with Crippen molar-refractivity contribution in [3.8, 4) is 0 Å². The zero-order valence-corrected chi connectivity index (χ0v) is 11.0. The van der Waals surface area contributed by atoms with Crippen molar-refractivity contribution >= 4 is 6.98 Å². The number of aliphatic hydroxyl groups is 1. The molecule has 1 fully saturated rings. The van der Waals surface area contributed by atoms with Crippen LogP contribution >= 0.6 is 0 Å². The fourth-order valence-corrected chi connectivity index (χ4v) is 1.76. The molecule has 1 N–H and O–H groups in total. The Bertz CT molecular complexity index is 145. The molecule has 1 aliphatic rings. The summed E-state index contributed by atoms with van der Waals surface area (Å²) >= 11 is 0. The summed E-state index contributed by atoms with van der Waals surface area (Å²) in [5.74, 6) is -0.228. The first-order chi connectivity index (χ1) is 5.47. The molecule has 0 aromatic carbocycles. The Morgan fingerprint density at radius 3 is 1.92 bits per heavy atom. The van der Waals surface area contributed by atoms with Gasteiger partial charge < -0.3 is 18.1 Å². The molecule has 0 aromatic heterocycles. The number of rotatable bonds is 2. The van der Waals surface area contributed by atoms with Crippen LogP contribution in [0.5, 0.6) is 0 Å². The summed E-state index contributed by atoms with van der Waals surface area (Å²) in [5, 5.41) is 9.05. The largest absolute Gasteiger partial charge is 1.00 e. The predicted molar refractivity (Wildman–Crippen MR) is 41.8 cm³/mol. The molecule has 0 aliphatic heterocycles. The van der Waals surface area contributed by atoms with Crippen molar-refractivity contribution in [1.29, 1.82) is 0 Å². The minimum Gasteiger partial charge on any atom is -0.449 e. The van der Waals surface area contributed by atoms with Crippen molar-refractivity contribution < 1.29 is 69.4 Å². The zero-order chi connectivity index (χ0) is 9.19. The minimum absolute atomic E-state index is 0. The quantitative estimate of drug-likeness (QED) is 0.615. The molecular weight excluding hydrogens is 207 g/mol. The Kier molecular flexibility index (Phi) is 6.81. The second kappa shape index (κ2) is 6.13. The van der Waals surface area contributed by atoms with Gasteiger partial charge in [-0.05, 0) is 12.8 Å². The first-order valence-electron chi connectivity index (χ1n) is 4.36. The van der Waals surface area contributed by atoms with Gasteiger partial charge in [0.25, 0.3) is 0 Å². The molecule has 0 unspecified atom stereocenters. The van der Waals surface area contributed by atoms with Crippen LogP contribution in [0.1, 0.15) is 25.7 Å². The summed E-state index contributed by atoms with van der Waals surface area (Å²) in [6.07, 6.45) is 1.16. The van der Waals surface area contributed by atoms with Crippen molar-refractivity contribution in [3.05, 3.63) is 0 Å². The van der Waals surface area contributed by atoms with Crippen LogP contribution in [0.25, 0.3) is 0 Å². The fourth-order valence-electron chi connectivity index (χ4n) is 1.76. The average Bonchev–Trinajstić information content (AvgIpc) is 1.91. The topological polar surface area (TPSA) is 20.2 Å². The third-order valence-electron chi connectivity index (χ3n) is 2.42. The maximum atomic E-state index is 11.9. The van der Waals surface area contributed by atoms with Gasteiger partial charge in [-0.1, -0.05) is 25.1 Å². The maximum absolute atomic E-state index is 11.9. The normalized spacial score (nSPS) is 29.5. The van der Waals surface area contributed by atoms with Gasteiger partial charge in [-0.2, -0.15) is 0 Å². The van der Waals surface area contributed by atoms with E-state index in [0.29, 0.717) is 25.7 Å². The molecule has 0 radical (unpaired) electrons. The van der Waals surface area contributed by atoms with Crippen LogP contribution in [0.4, 0.5) is 12.9 Å². The van der Waals surface area contributed by atoms with Crippen LogP contribution in [-0.2, 0) is 0 Å². The van der Waals surface area contributed by atoms with Gasteiger partial charge in [-0.25, -0.2) is 0 Å². The van der Waals surface area contributed by atoms with E-state index >= 15 is 0 Å². The van der Waals surface area contributed by atoms with Crippen LogP contribution in [0.2, 0.25) is 6.32 Å². The van der Waals surface area contributed by atoms with Gasteiger partial charge in [0, 0.05) is 0 Å². The Hall–Kier alpha value is 1.45. The van der Waals surface area contributed by atoms with Gasteiger partial charge in [-0.3, -0.25) is 0 Å². The van der Waals surface area contributed by atoms with Gasteiger partial charge in [0.05, 0.1) is 6.10 Å². The number of aliphatic hydroxyl groups excluding tert-OH is 1. The van der Waals surface area contributed by atoms with E-state index in [1.807, 2.05) is 0 Å². The van der Waals surface area contributed by atoms with Gasteiger partial charge in [0.15, 0.2) is 0 Å². The van der Waals surface area contributed by atoms with Crippen molar-refractivity contribution in [1.82, 2.24) is 0 Å². The van der Waals surface area contributed by atoms with Crippen LogP contribution in [0.15, 0.2) is 0 Å². The zero-order valence-electron chi connectivity index (χ0n) is 7.85. The molecular formula is C7H13BF3KO. The summed E-state index contributed by atoms with van der Waals surface area (Å²) < 4.78 is 35.8. The predicted octanol–water partition coefficient (Wildman–Crippen LogP) is -0.611. The molecule has 72 valence electrons. The summed E-state index contributed by atoms with van der Waals surface area (Å²) in [6.45, 7) is -4.63. The third kappa shape index (κ3) is 6.52. The van der Waals surface area contributed by atoms with Crippen LogP contribution < -0.4 is 51.4 Å². The van der Waals surface area contributed by atoms with Crippen molar-refractivity contribution in [2.75, 3.05) is 0 Å². The van der Waals surface area contributed by atoms with E-state index in [2.05, 4.69) is 0 Å². The SMILES string of the molecule is OC1CCC(C[B-](F)(F)F)CC1.[K+]. The first kappa shape index (κ1) is 14.5. The van der Waals surface area contributed by atoms with Crippen LogP contribution in [0, 0.1) is 5.92 Å². The number of hydrogen-bond acceptors (Lipinski definition) is 1. The van der Waals surface area contributed by atoms with E-state index in [1.54, 1.807) is 0 Å². The molecule has 1 rings (SSSR count). The third-order valence-corrected chi connectivity index (χ3v) is 2.42. The Morgan fingerprint density at radius 2 is 1.54 bits per heavy atom. The van der Waals surface area contributed by atoms with Crippen molar-refractivity contribution in [2.24, 2.45) is 5.92 Å². The molecule has 0 spiro atoms. The van der Waals surface area contributed by atoms with E-state index in [1.165, 1.54) is 0 Å². The van der Waals surface area contributed by atoms with E-state index in [4.69, 9.17) is 5.11 Å². The number of hydrogen-bond donors (Lipinski definition) is 1. The van der Waals surface area contributed by atoms with Crippen molar-refractivity contribution in [2.45, 2.75) is 38.1 Å². The Balaban J connectivity index is 0.00000144. The smallest absolute Gasteiger partial charge is 0.449 e. The van der Waals surface area contributed by atoms with Gasteiger partial charge in [-0.15, -0.1) is 0 Å². The molecule has 1 nitrogen and oxygen atoms in total. The molecule has 0 amide bonds. The molecule has 1 aliphatic carbocycles. The second-order valence-electron chi connectivity index (χ2n) is 3.62. The summed E-state index contributed by atoms with van der Waals surface area (Å²) in [4.78, 5) is 0. The average molecular weight is 220 g/mol. The first-order valence-corrected chi connectivity index (χ1v) is 4.36. The monoisotopic (exact) mass is 220 g/mol. The van der Waals surface area contributed by atoms with Crippen molar-refractivity contribution in [3.63, 3.8) is 0 Å². The van der Waals surface area contributed by atoms with E-state index in [9.17, 15) is 12.9 Å². The summed E-state index contributed by atoms with van der Waals surface area (Å²) in [7, 11) is 0. The van der Waals surface area contributed by atoms with Gasteiger partial charge >= 0.3 is 58.4 Å². The second-order valence-corrected chi connectivity index (χ2v) is 3.62. The van der Waals surface area contributed by atoms with Crippen LogP contribution in [-0.4, -0.2) is 18.2 Å². The van der Waals surface area contributed by atoms with Gasteiger partial charge in [0.2, 0.25) is 0 Å². The van der Waals surface area contributed by atoms with Gasteiger partial charge in [0.1, 0.15) is 0 Å². The molecule has 13 heavy (non-hydrogen) atoms. The molecule has 0 heterocycles. The minimum atomic E-state index is -4.63. The Morgan fingerprint density at radius 1 is 1.08 bits per heavy atom. The molecule has 6 heteroatoms. The molecule has 0 saturated heterocycles. The molecule has 0 aromatic rings. The maximum Gasteiger partial charge on any atom is 1.00 e. The van der Waals surface area contributed by atoms with E-state index in [0.717, 1.165) is 0 Å². The van der Waals surface area contributed by atoms with E-state index < -0.39 is 13.3 Å². The molecule has 1 saturated carbocycles. The van der Waals surface area contributed by atoms with E-state index in [-0.39, 0.29) is 63.4 Å². The summed E-state index contributed by atoms with van der Waals surface area (Å²) in [5.41, 5.74) is 0.